The molecule has 0 aliphatic heterocycles. The van der Waals surface area contributed by atoms with E-state index in [0.717, 1.165) is 0 Å². The van der Waals surface area contributed by atoms with Crippen LogP contribution in [0.15, 0.2) is 65.7 Å². The predicted octanol–water partition coefficient (Wildman–Crippen LogP) is 3.51. The molecule has 1 aromatic carbocycles. The highest BCUT2D eigenvalue weighted by Gasteiger charge is 1.78. The number of aliphatic imine (C=N–C) groups is 1. The molecule has 0 heterocycles. The molecule has 1 nitrogen and oxygen atoms in total. The second kappa shape index (κ2) is 7.51. The Labute approximate surface area is 91.2 Å². The van der Waals surface area contributed by atoms with Crippen molar-refractivity contribution in [3.05, 3.63) is 66.3 Å². The molecule has 0 aliphatic rings. The van der Waals surface area contributed by atoms with Crippen LogP contribution in [0.1, 0.15) is 5.56 Å². The zero-order chi connectivity index (χ0) is 10.8. The van der Waals surface area contributed by atoms with Gasteiger partial charge < -0.3 is 0 Å². The summed E-state index contributed by atoms with van der Waals surface area (Å²) in [5, 5.41) is 0. The molecule has 0 spiro atoms. The summed E-state index contributed by atoms with van der Waals surface area (Å²) >= 11 is 0. The fourth-order valence-corrected chi connectivity index (χ4v) is 1.06. The first kappa shape index (κ1) is 11.2. The van der Waals surface area contributed by atoms with Crippen molar-refractivity contribution < 1.29 is 0 Å². The van der Waals surface area contributed by atoms with Crippen LogP contribution in [0, 0.1) is 0 Å². The van der Waals surface area contributed by atoms with Crippen molar-refractivity contribution in [3.63, 3.8) is 0 Å². The van der Waals surface area contributed by atoms with Crippen molar-refractivity contribution in [2.24, 2.45) is 4.99 Å². The number of hydrogen-bond donors (Lipinski definition) is 0. The lowest BCUT2D eigenvalue weighted by Gasteiger charge is -1.87. The summed E-state index contributed by atoms with van der Waals surface area (Å²) in [6, 6.07) is 10.2. The van der Waals surface area contributed by atoms with E-state index in [2.05, 4.69) is 23.2 Å². The largest absolute Gasteiger partial charge is 0.297 e. The molecule has 0 bridgehead atoms. The number of hydrogen-bond acceptors (Lipinski definition) is 1. The molecule has 0 aromatic heterocycles. The quantitative estimate of drug-likeness (QED) is 0.517. The Morgan fingerprint density at radius 2 is 1.53 bits per heavy atom. The Hall–Kier alpha value is -1.89. The third-order valence-electron chi connectivity index (χ3n) is 1.77. The van der Waals surface area contributed by atoms with Crippen LogP contribution in [0.25, 0.3) is 6.08 Å². The fourth-order valence-electron chi connectivity index (χ4n) is 1.06. The van der Waals surface area contributed by atoms with Crippen LogP contribution >= 0.6 is 0 Å². The van der Waals surface area contributed by atoms with Gasteiger partial charge in [0.1, 0.15) is 0 Å². The monoisotopic (exact) mass is 197 g/mol. The summed E-state index contributed by atoms with van der Waals surface area (Å²) in [5.41, 5.74) is 1.21. The minimum Gasteiger partial charge on any atom is -0.297 e. The van der Waals surface area contributed by atoms with E-state index in [1.54, 1.807) is 13.3 Å². The van der Waals surface area contributed by atoms with Gasteiger partial charge >= 0.3 is 0 Å². The second-order valence-electron chi connectivity index (χ2n) is 2.95. The Kier molecular flexibility index (Phi) is 5.60. The highest BCUT2D eigenvalue weighted by Crippen LogP contribution is 2.00. The minimum atomic E-state index is 1.21. The van der Waals surface area contributed by atoms with Crippen LogP contribution in [0.5, 0.6) is 0 Å². The van der Waals surface area contributed by atoms with Gasteiger partial charge in [-0.1, -0.05) is 60.7 Å². The summed E-state index contributed by atoms with van der Waals surface area (Å²) < 4.78 is 0. The molecule has 1 rings (SSSR count). The van der Waals surface area contributed by atoms with Gasteiger partial charge in [0.05, 0.1) is 0 Å². The van der Waals surface area contributed by atoms with Gasteiger partial charge in [-0.3, -0.25) is 4.99 Å². The fraction of sp³-hybridized carbons (Fsp3) is 0.0714. The lowest BCUT2D eigenvalue weighted by atomic mass is 10.2. The van der Waals surface area contributed by atoms with Gasteiger partial charge in [-0.2, -0.15) is 0 Å². The van der Waals surface area contributed by atoms with Crippen LogP contribution in [0.3, 0.4) is 0 Å². The average molecular weight is 197 g/mol. The van der Waals surface area contributed by atoms with E-state index in [9.17, 15) is 0 Å². The summed E-state index contributed by atoms with van der Waals surface area (Å²) in [6.45, 7) is 0. The molecule has 0 radical (unpaired) electrons. The van der Waals surface area contributed by atoms with Crippen LogP contribution in [0.2, 0.25) is 0 Å². The highest BCUT2D eigenvalue weighted by molar-refractivity contribution is 5.71. The topological polar surface area (TPSA) is 12.4 Å². The normalized spacial score (nSPS) is 12.6. The minimum absolute atomic E-state index is 1.21. The first-order valence-electron chi connectivity index (χ1n) is 4.90. The zero-order valence-corrected chi connectivity index (χ0v) is 8.88. The van der Waals surface area contributed by atoms with Crippen LogP contribution < -0.4 is 0 Å². The van der Waals surface area contributed by atoms with E-state index in [1.807, 2.05) is 48.6 Å². The summed E-state index contributed by atoms with van der Waals surface area (Å²) in [6.07, 6.45) is 13.6. The van der Waals surface area contributed by atoms with E-state index in [1.165, 1.54) is 5.56 Å². The van der Waals surface area contributed by atoms with Gasteiger partial charge in [-0.05, 0) is 11.6 Å². The Bertz CT molecular complexity index is 370. The standard InChI is InChI=1S/C14H15N/c1-15-13-9-4-2-3-6-10-14-11-7-5-8-12-14/h2-13H,1H3/b3-2-,9-4-,10-6+,15-13+. The first-order chi connectivity index (χ1) is 7.43. The van der Waals surface area contributed by atoms with E-state index in [0.29, 0.717) is 0 Å². The van der Waals surface area contributed by atoms with E-state index in [-0.39, 0.29) is 0 Å². The Balaban J connectivity index is 2.40. The molecule has 0 saturated carbocycles. The van der Waals surface area contributed by atoms with Crippen LogP contribution in [-0.2, 0) is 0 Å². The van der Waals surface area contributed by atoms with E-state index < -0.39 is 0 Å². The molecule has 0 atom stereocenters. The molecular formula is C14H15N. The lowest BCUT2D eigenvalue weighted by Crippen LogP contribution is -1.66. The lowest BCUT2D eigenvalue weighted by molar-refractivity contribution is 1.48. The van der Waals surface area contributed by atoms with Crippen molar-refractivity contribution in [3.8, 4) is 0 Å². The molecule has 0 N–H and O–H groups in total. The number of allylic oxidation sites excluding steroid dienone is 5. The third-order valence-corrected chi connectivity index (χ3v) is 1.77. The second-order valence-corrected chi connectivity index (χ2v) is 2.95. The Morgan fingerprint density at radius 1 is 0.867 bits per heavy atom. The maximum atomic E-state index is 3.84. The van der Waals surface area contributed by atoms with E-state index in [4.69, 9.17) is 0 Å². The molecule has 0 saturated heterocycles. The predicted molar refractivity (Wildman–Crippen MR) is 68.2 cm³/mol. The smallest absolute Gasteiger partial charge is 0.0277 e. The van der Waals surface area contributed by atoms with Gasteiger partial charge in [0, 0.05) is 13.3 Å². The molecule has 1 heteroatoms. The summed E-state index contributed by atoms with van der Waals surface area (Å²) in [5.74, 6) is 0. The van der Waals surface area contributed by atoms with Gasteiger partial charge in [0.25, 0.3) is 0 Å². The molecule has 0 amide bonds. The Morgan fingerprint density at radius 3 is 2.27 bits per heavy atom. The van der Waals surface area contributed by atoms with E-state index >= 15 is 0 Å². The van der Waals surface area contributed by atoms with Crippen molar-refractivity contribution >= 4 is 12.3 Å². The van der Waals surface area contributed by atoms with Gasteiger partial charge in [-0.15, -0.1) is 0 Å². The average Bonchev–Trinajstić information content (AvgIpc) is 2.29. The number of nitrogens with zero attached hydrogens (tertiary/aromatic N) is 1. The molecule has 15 heavy (non-hydrogen) atoms. The molecule has 0 aliphatic carbocycles. The first-order valence-corrected chi connectivity index (χ1v) is 4.90. The van der Waals surface area contributed by atoms with Crippen molar-refractivity contribution in [1.29, 1.82) is 0 Å². The summed E-state index contributed by atoms with van der Waals surface area (Å²) in [4.78, 5) is 3.84. The zero-order valence-electron chi connectivity index (χ0n) is 8.88. The molecule has 0 fully saturated rings. The van der Waals surface area contributed by atoms with Gasteiger partial charge in [-0.25, -0.2) is 0 Å². The van der Waals surface area contributed by atoms with Crippen LogP contribution in [0.4, 0.5) is 0 Å². The maximum absolute atomic E-state index is 3.84. The molecule has 1 aromatic rings. The maximum Gasteiger partial charge on any atom is 0.0277 e. The van der Waals surface area contributed by atoms with Crippen LogP contribution in [-0.4, -0.2) is 13.3 Å². The molecule has 76 valence electrons. The van der Waals surface area contributed by atoms with Crippen molar-refractivity contribution in [2.45, 2.75) is 0 Å². The number of rotatable bonds is 4. The molecule has 0 unspecified atom stereocenters. The SMILES string of the molecule is C/N=C/C=C\C=C/C=C/c1ccccc1. The van der Waals surface area contributed by atoms with Gasteiger partial charge in [0.2, 0.25) is 0 Å². The third kappa shape index (κ3) is 5.42. The highest BCUT2D eigenvalue weighted by atomic mass is 14.6. The van der Waals surface area contributed by atoms with Gasteiger partial charge in [0.15, 0.2) is 0 Å². The van der Waals surface area contributed by atoms with Crippen molar-refractivity contribution in [1.82, 2.24) is 0 Å². The summed E-state index contributed by atoms with van der Waals surface area (Å²) in [7, 11) is 1.75. The van der Waals surface area contributed by atoms with Crippen molar-refractivity contribution in [2.75, 3.05) is 7.05 Å². The number of benzene rings is 1. The molecular weight excluding hydrogens is 182 g/mol.